The monoisotopic (exact) mass is 369 g/mol. The van der Waals surface area contributed by atoms with Crippen LogP contribution in [0.4, 0.5) is 0 Å². The topological polar surface area (TPSA) is 59.0 Å². The van der Waals surface area contributed by atoms with Crippen molar-refractivity contribution in [3.63, 3.8) is 0 Å². The number of nitrogens with zero attached hydrogens (tertiary/aromatic N) is 1. The highest BCUT2D eigenvalue weighted by molar-refractivity contribution is 5.81. The van der Waals surface area contributed by atoms with Gasteiger partial charge in [-0.05, 0) is 56.5 Å². The number of phenols is 1. The predicted octanol–water partition coefficient (Wildman–Crippen LogP) is 3.90. The minimum absolute atomic E-state index is 0.0174. The van der Waals surface area contributed by atoms with E-state index in [1.807, 2.05) is 51.1 Å². The van der Waals surface area contributed by atoms with E-state index < -0.39 is 6.10 Å². The Balaban J connectivity index is 1.92. The smallest absolute Gasteiger partial charge is 0.251 e. The lowest BCUT2D eigenvalue weighted by Crippen LogP contribution is -2.40. The number of benzene rings is 2. The zero-order valence-corrected chi connectivity index (χ0v) is 16.4. The van der Waals surface area contributed by atoms with Crippen LogP contribution in [0.3, 0.4) is 0 Å². The molecule has 0 bridgehead atoms. The molecule has 2 aromatic carbocycles. The average Bonchev–Trinajstić information content (AvgIpc) is 2.83. The summed E-state index contributed by atoms with van der Waals surface area (Å²) in [6, 6.07) is 11.7. The van der Waals surface area contributed by atoms with Gasteiger partial charge >= 0.3 is 0 Å². The maximum atomic E-state index is 12.8. The van der Waals surface area contributed by atoms with E-state index in [1.54, 1.807) is 17.9 Å². The SMILES string of the molecule is Cc1ccccc1-c1cc(O)c2c(c1)CN(C(=O)C(C)OC(C)C)CCO2. The van der Waals surface area contributed by atoms with Crippen molar-refractivity contribution >= 4 is 5.91 Å². The molecule has 1 unspecified atom stereocenters. The van der Waals surface area contributed by atoms with Gasteiger partial charge in [0, 0.05) is 12.1 Å². The number of rotatable bonds is 4. The van der Waals surface area contributed by atoms with Gasteiger partial charge in [-0.25, -0.2) is 0 Å². The number of phenolic OH excluding ortho intramolecular Hbond substituents is 1. The summed E-state index contributed by atoms with van der Waals surface area (Å²) >= 11 is 0. The van der Waals surface area contributed by atoms with Crippen molar-refractivity contribution in [3.8, 4) is 22.6 Å². The minimum Gasteiger partial charge on any atom is -0.504 e. The van der Waals surface area contributed by atoms with Crippen LogP contribution < -0.4 is 4.74 Å². The van der Waals surface area contributed by atoms with Crippen molar-refractivity contribution in [2.45, 2.75) is 46.4 Å². The Bertz CT molecular complexity index is 831. The summed E-state index contributed by atoms with van der Waals surface area (Å²) in [5.74, 6) is 0.493. The molecule has 0 fully saturated rings. The molecule has 0 saturated heterocycles. The molecule has 1 aliphatic rings. The van der Waals surface area contributed by atoms with Crippen LogP contribution in [0, 0.1) is 6.92 Å². The van der Waals surface area contributed by atoms with Gasteiger partial charge in [0.25, 0.3) is 5.91 Å². The summed E-state index contributed by atoms with van der Waals surface area (Å²) in [5.41, 5.74) is 3.89. The van der Waals surface area contributed by atoms with Crippen molar-refractivity contribution in [2.24, 2.45) is 0 Å². The van der Waals surface area contributed by atoms with Crippen LogP contribution in [0.1, 0.15) is 31.9 Å². The number of aryl methyl sites for hydroxylation is 1. The maximum Gasteiger partial charge on any atom is 0.251 e. The molecule has 27 heavy (non-hydrogen) atoms. The van der Waals surface area contributed by atoms with Gasteiger partial charge in [0.1, 0.15) is 12.7 Å². The Labute approximate surface area is 160 Å². The normalized spacial score (nSPS) is 15.1. The molecule has 3 rings (SSSR count). The first-order chi connectivity index (χ1) is 12.9. The lowest BCUT2D eigenvalue weighted by molar-refractivity contribution is -0.145. The van der Waals surface area contributed by atoms with Crippen LogP contribution in [0.15, 0.2) is 36.4 Å². The number of amides is 1. The number of ether oxygens (including phenoxy) is 2. The molecule has 1 heterocycles. The van der Waals surface area contributed by atoms with E-state index in [0.717, 1.165) is 22.3 Å². The largest absolute Gasteiger partial charge is 0.504 e. The van der Waals surface area contributed by atoms with Gasteiger partial charge in [0.15, 0.2) is 11.5 Å². The van der Waals surface area contributed by atoms with Crippen molar-refractivity contribution in [2.75, 3.05) is 13.2 Å². The van der Waals surface area contributed by atoms with Crippen LogP contribution in [-0.2, 0) is 16.1 Å². The Hall–Kier alpha value is -2.53. The van der Waals surface area contributed by atoms with Crippen LogP contribution in [0.25, 0.3) is 11.1 Å². The highest BCUT2D eigenvalue weighted by Gasteiger charge is 2.27. The van der Waals surface area contributed by atoms with Gasteiger partial charge in [-0.15, -0.1) is 0 Å². The predicted molar refractivity (Wildman–Crippen MR) is 105 cm³/mol. The summed E-state index contributed by atoms with van der Waals surface area (Å²) in [6.07, 6.45) is -0.532. The number of hydrogen-bond donors (Lipinski definition) is 1. The Morgan fingerprint density at radius 1 is 1.22 bits per heavy atom. The van der Waals surface area contributed by atoms with E-state index in [0.29, 0.717) is 25.4 Å². The fraction of sp³-hybridized carbons (Fsp3) is 0.409. The maximum absolute atomic E-state index is 12.8. The molecule has 0 spiro atoms. The number of hydrogen-bond acceptors (Lipinski definition) is 4. The molecular formula is C22H27NO4. The number of carbonyl (C=O) groups excluding carboxylic acids is 1. The zero-order valence-electron chi connectivity index (χ0n) is 16.4. The molecule has 0 radical (unpaired) electrons. The number of fused-ring (bicyclic) bond motifs is 1. The molecule has 1 N–H and O–H groups in total. The van der Waals surface area contributed by atoms with E-state index in [4.69, 9.17) is 9.47 Å². The average molecular weight is 369 g/mol. The van der Waals surface area contributed by atoms with E-state index in [9.17, 15) is 9.90 Å². The third-order valence-electron chi connectivity index (χ3n) is 4.71. The first-order valence-corrected chi connectivity index (χ1v) is 9.35. The van der Waals surface area contributed by atoms with Gasteiger partial charge in [-0.2, -0.15) is 0 Å². The minimum atomic E-state index is -0.514. The standard InChI is InChI=1S/C22H27NO4/c1-14(2)27-16(4)22(25)23-9-10-26-21-18(13-23)11-17(12-20(21)24)19-8-6-5-7-15(19)3/h5-8,11-12,14,16,24H,9-10,13H2,1-4H3. The van der Waals surface area contributed by atoms with Crippen molar-refractivity contribution in [1.82, 2.24) is 4.90 Å². The van der Waals surface area contributed by atoms with E-state index in [2.05, 4.69) is 0 Å². The van der Waals surface area contributed by atoms with Gasteiger partial charge in [0.2, 0.25) is 0 Å². The van der Waals surface area contributed by atoms with Crippen LogP contribution in [-0.4, -0.2) is 41.3 Å². The van der Waals surface area contributed by atoms with Crippen LogP contribution in [0.2, 0.25) is 0 Å². The van der Waals surface area contributed by atoms with Crippen molar-refractivity contribution < 1.29 is 19.4 Å². The lowest BCUT2D eigenvalue weighted by atomic mass is 9.98. The Kier molecular flexibility index (Phi) is 5.71. The van der Waals surface area contributed by atoms with Crippen molar-refractivity contribution in [1.29, 1.82) is 0 Å². The van der Waals surface area contributed by atoms with Gasteiger partial charge in [-0.1, -0.05) is 24.3 Å². The molecule has 0 saturated carbocycles. The number of aromatic hydroxyl groups is 1. The fourth-order valence-electron chi connectivity index (χ4n) is 3.46. The third kappa shape index (κ3) is 4.25. The fourth-order valence-corrected chi connectivity index (χ4v) is 3.46. The summed E-state index contributed by atoms with van der Waals surface area (Å²) in [5, 5.41) is 10.5. The molecule has 144 valence electrons. The van der Waals surface area contributed by atoms with Gasteiger partial charge < -0.3 is 19.5 Å². The molecule has 1 atom stereocenters. The van der Waals surface area contributed by atoms with Gasteiger partial charge in [0.05, 0.1) is 12.6 Å². The highest BCUT2D eigenvalue weighted by Crippen LogP contribution is 2.38. The quantitative estimate of drug-likeness (QED) is 0.888. The van der Waals surface area contributed by atoms with E-state index in [-0.39, 0.29) is 17.8 Å². The zero-order chi connectivity index (χ0) is 19.6. The number of carbonyl (C=O) groups is 1. The first-order valence-electron chi connectivity index (χ1n) is 9.35. The molecule has 2 aromatic rings. The molecule has 1 amide bonds. The van der Waals surface area contributed by atoms with Crippen molar-refractivity contribution in [3.05, 3.63) is 47.5 Å². The highest BCUT2D eigenvalue weighted by atomic mass is 16.5. The second kappa shape index (κ2) is 8.01. The summed E-state index contributed by atoms with van der Waals surface area (Å²) in [7, 11) is 0. The first kappa shape index (κ1) is 19.2. The summed E-state index contributed by atoms with van der Waals surface area (Å²) in [4.78, 5) is 14.5. The third-order valence-corrected chi connectivity index (χ3v) is 4.71. The second-order valence-electron chi connectivity index (χ2n) is 7.23. The van der Waals surface area contributed by atoms with Crippen LogP contribution in [0.5, 0.6) is 11.5 Å². The summed E-state index contributed by atoms with van der Waals surface area (Å²) < 4.78 is 11.4. The Morgan fingerprint density at radius 2 is 1.96 bits per heavy atom. The molecular weight excluding hydrogens is 342 g/mol. The molecule has 1 aliphatic heterocycles. The molecule has 0 aromatic heterocycles. The van der Waals surface area contributed by atoms with Gasteiger partial charge in [-0.3, -0.25) is 4.79 Å². The summed E-state index contributed by atoms with van der Waals surface area (Å²) in [6.45, 7) is 8.82. The van der Waals surface area contributed by atoms with Crippen LogP contribution >= 0.6 is 0 Å². The second-order valence-corrected chi connectivity index (χ2v) is 7.23. The van der Waals surface area contributed by atoms with E-state index in [1.165, 1.54) is 0 Å². The molecule has 5 nitrogen and oxygen atoms in total. The van der Waals surface area contributed by atoms with E-state index >= 15 is 0 Å². The lowest BCUT2D eigenvalue weighted by Gasteiger charge is -2.25. The Morgan fingerprint density at radius 3 is 2.67 bits per heavy atom. The molecule has 5 heteroatoms. The molecule has 0 aliphatic carbocycles.